The maximum Gasteiger partial charge on any atom is 0.117 e. The van der Waals surface area contributed by atoms with Gasteiger partial charge in [0.15, 0.2) is 0 Å². The molecule has 2 unspecified atom stereocenters. The van der Waals surface area contributed by atoms with Crippen molar-refractivity contribution in [1.29, 1.82) is 0 Å². The molecule has 2 heterocycles. The second-order valence-electron chi connectivity index (χ2n) is 3.57. The zero-order valence-electron chi connectivity index (χ0n) is 7.20. The highest BCUT2D eigenvalue weighted by atomic mass is 32.2. The zero-order chi connectivity index (χ0) is 8.39. The smallest absolute Gasteiger partial charge is 0.117 e. The van der Waals surface area contributed by atoms with Gasteiger partial charge in [-0.2, -0.15) is 23.5 Å². The summed E-state index contributed by atoms with van der Waals surface area (Å²) in [5.41, 5.74) is 0. The van der Waals surface area contributed by atoms with Crippen LogP contribution in [0.15, 0.2) is 0 Å². The number of hydrogen-bond donors (Lipinski definition) is 0. The number of thioether (sulfide) groups is 2. The van der Waals surface area contributed by atoms with Crippen LogP contribution in [-0.2, 0) is 5.11 Å². The van der Waals surface area contributed by atoms with Crippen molar-refractivity contribution >= 4 is 23.5 Å². The molecule has 0 N–H and O–H groups in total. The van der Waals surface area contributed by atoms with E-state index in [2.05, 4.69) is 0 Å². The van der Waals surface area contributed by atoms with Crippen LogP contribution in [0.2, 0.25) is 0 Å². The van der Waals surface area contributed by atoms with Gasteiger partial charge in [0.2, 0.25) is 0 Å². The average molecular weight is 203 g/mol. The molecule has 0 aromatic rings. The van der Waals surface area contributed by atoms with Gasteiger partial charge in [0.05, 0.1) is 0 Å². The molecular weight excluding hydrogens is 188 g/mol. The Morgan fingerprint density at radius 3 is 1.83 bits per heavy atom. The van der Waals surface area contributed by atoms with Gasteiger partial charge in [-0.05, 0) is 37.2 Å². The van der Waals surface area contributed by atoms with Gasteiger partial charge in [-0.1, -0.05) is 0 Å². The van der Waals surface area contributed by atoms with Gasteiger partial charge in [0, 0.05) is 10.5 Å². The molecule has 2 fully saturated rings. The molecule has 2 aliphatic heterocycles. The predicted octanol–water partition coefficient (Wildman–Crippen LogP) is 2.58. The fraction of sp³-hybridized carbons (Fsp3) is 1.00. The van der Waals surface area contributed by atoms with E-state index in [1.165, 1.54) is 37.2 Å². The van der Waals surface area contributed by atoms with Crippen molar-refractivity contribution in [3.63, 3.8) is 0 Å². The van der Waals surface area contributed by atoms with Crippen LogP contribution in [0.4, 0.5) is 0 Å². The maximum atomic E-state index is 11.9. The highest BCUT2D eigenvalue weighted by molar-refractivity contribution is 8.01. The molecule has 2 saturated heterocycles. The first-order chi connectivity index (χ1) is 5.88. The summed E-state index contributed by atoms with van der Waals surface area (Å²) >= 11 is 3.82. The Morgan fingerprint density at radius 1 is 1.00 bits per heavy atom. The highest BCUT2D eigenvalue weighted by Gasteiger charge is 2.33. The van der Waals surface area contributed by atoms with Crippen LogP contribution in [0.5, 0.6) is 0 Å². The molecule has 0 aromatic carbocycles. The molecule has 69 valence electrons. The SMILES string of the molecule is [O]C(C1CCCS1)C1CCCS1. The Hall–Kier alpha value is 0.660. The monoisotopic (exact) mass is 203 g/mol. The van der Waals surface area contributed by atoms with Gasteiger partial charge in [-0.3, -0.25) is 0 Å². The summed E-state index contributed by atoms with van der Waals surface area (Å²) in [4.78, 5) is 0. The molecule has 0 amide bonds. The molecule has 0 aromatic heterocycles. The van der Waals surface area contributed by atoms with Gasteiger partial charge in [0.1, 0.15) is 6.10 Å². The first kappa shape index (κ1) is 9.22. The molecular formula is C9H15OS2. The highest BCUT2D eigenvalue weighted by Crippen LogP contribution is 2.37. The lowest BCUT2D eigenvalue weighted by molar-refractivity contribution is 0.0832. The lowest BCUT2D eigenvalue weighted by Crippen LogP contribution is -2.29. The van der Waals surface area contributed by atoms with Crippen LogP contribution in [0.25, 0.3) is 0 Å². The molecule has 0 bridgehead atoms. The maximum absolute atomic E-state index is 11.9. The molecule has 1 radical (unpaired) electrons. The minimum atomic E-state index is -0.273. The summed E-state index contributed by atoms with van der Waals surface area (Å²) in [5.74, 6) is 2.45. The molecule has 0 saturated carbocycles. The Labute approximate surface area is 82.7 Å². The summed E-state index contributed by atoms with van der Waals surface area (Å²) in [6.07, 6.45) is 4.62. The number of hydrogen-bond acceptors (Lipinski definition) is 2. The third kappa shape index (κ3) is 1.94. The predicted molar refractivity (Wildman–Crippen MR) is 55.4 cm³/mol. The molecule has 0 spiro atoms. The van der Waals surface area contributed by atoms with Crippen LogP contribution >= 0.6 is 23.5 Å². The lowest BCUT2D eigenvalue weighted by Gasteiger charge is -2.19. The van der Waals surface area contributed by atoms with Gasteiger partial charge in [-0.25, -0.2) is 5.11 Å². The van der Waals surface area contributed by atoms with E-state index in [9.17, 15) is 5.11 Å². The molecule has 1 nitrogen and oxygen atoms in total. The van der Waals surface area contributed by atoms with Crippen LogP contribution < -0.4 is 0 Å². The van der Waals surface area contributed by atoms with Crippen molar-refractivity contribution in [2.45, 2.75) is 42.3 Å². The number of rotatable bonds is 2. The lowest BCUT2D eigenvalue weighted by atomic mass is 10.1. The molecule has 0 aliphatic carbocycles. The summed E-state index contributed by atoms with van der Waals surface area (Å²) < 4.78 is 0. The quantitative estimate of drug-likeness (QED) is 0.687. The zero-order valence-corrected chi connectivity index (χ0v) is 8.83. The van der Waals surface area contributed by atoms with E-state index in [4.69, 9.17) is 0 Å². The van der Waals surface area contributed by atoms with Crippen molar-refractivity contribution in [2.24, 2.45) is 0 Å². The Kier molecular flexibility index (Phi) is 3.27. The molecule has 2 rings (SSSR count). The van der Waals surface area contributed by atoms with Crippen molar-refractivity contribution in [2.75, 3.05) is 11.5 Å². The van der Waals surface area contributed by atoms with E-state index in [1.54, 1.807) is 0 Å². The van der Waals surface area contributed by atoms with Crippen LogP contribution in [0, 0.1) is 0 Å². The normalized spacial score (nSPS) is 38.8. The second-order valence-corrected chi connectivity index (χ2v) is 6.26. The van der Waals surface area contributed by atoms with Crippen molar-refractivity contribution in [3.8, 4) is 0 Å². The fourth-order valence-corrected chi connectivity index (χ4v) is 4.76. The largest absolute Gasteiger partial charge is 0.231 e. The standard InChI is InChI=1S/C9H15OS2/c10-9(7-3-1-5-11-7)8-4-2-6-12-8/h7-9H,1-6H2. The van der Waals surface area contributed by atoms with Gasteiger partial charge < -0.3 is 0 Å². The Balaban J connectivity index is 1.84. The van der Waals surface area contributed by atoms with Crippen molar-refractivity contribution in [3.05, 3.63) is 0 Å². The third-order valence-corrected chi connectivity index (χ3v) is 5.58. The minimum Gasteiger partial charge on any atom is -0.231 e. The van der Waals surface area contributed by atoms with Gasteiger partial charge in [-0.15, -0.1) is 0 Å². The third-order valence-electron chi connectivity index (χ3n) is 2.66. The molecule has 3 heteroatoms. The van der Waals surface area contributed by atoms with Crippen LogP contribution in [0.1, 0.15) is 25.7 Å². The summed E-state index contributed by atoms with van der Waals surface area (Å²) in [5, 5.41) is 12.8. The summed E-state index contributed by atoms with van der Waals surface area (Å²) in [7, 11) is 0. The van der Waals surface area contributed by atoms with Gasteiger partial charge >= 0.3 is 0 Å². The fourth-order valence-electron chi connectivity index (χ4n) is 1.96. The van der Waals surface area contributed by atoms with Crippen LogP contribution in [0.3, 0.4) is 0 Å². The van der Waals surface area contributed by atoms with Crippen LogP contribution in [-0.4, -0.2) is 28.1 Å². The van der Waals surface area contributed by atoms with E-state index < -0.39 is 0 Å². The van der Waals surface area contributed by atoms with E-state index in [0.717, 1.165) is 0 Å². The van der Waals surface area contributed by atoms with E-state index in [0.29, 0.717) is 10.5 Å². The van der Waals surface area contributed by atoms with E-state index in [-0.39, 0.29) is 6.10 Å². The van der Waals surface area contributed by atoms with Gasteiger partial charge in [0.25, 0.3) is 0 Å². The molecule has 2 aliphatic rings. The van der Waals surface area contributed by atoms with E-state index >= 15 is 0 Å². The second kappa shape index (κ2) is 4.25. The van der Waals surface area contributed by atoms with Crippen molar-refractivity contribution in [1.82, 2.24) is 0 Å². The first-order valence-electron chi connectivity index (χ1n) is 4.77. The molecule has 2 atom stereocenters. The first-order valence-corrected chi connectivity index (χ1v) is 6.87. The molecule has 12 heavy (non-hydrogen) atoms. The average Bonchev–Trinajstić information content (AvgIpc) is 2.77. The Morgan fingerprint density at radius 2 is 1.50 bits per heavy atom. The Bertz CT molecular complexity index is 123. The topological polar surface area (TPSA) is 19.9 Å². The minimum absolute atomic E-state index is 0.273. The summed E-state index contributed by atoms with van der Waals surface area (Å²) in [6.45, 7) is 0. The summed E-state index contributed by atoms with van der Waals surface area (Å²) in [6, 6.07) is 0. The van der Waals surface area contributed by atoms with E-state index in [1.807, 2.05) is 23.5 Å². The van der Waals surface area contributed by atoms with Crippen molar-refractivity contribution < 1.29 is 5.11 Å².